The Hall–Kier alpha value is -3.82. The lowest BCUT2D eigenvalue weighted by Crippen LogP contribution is -2.11. The Morgan fingerprint density at radius 1 is 0.786 bits per heavy atom. The van der Waals surface area contributed by atoms with Crippen molar-refractivity contribution in [2.75, 3.05) is 0 Å². The molecule has 0 amide bonds. The van der Waals surface area contributed by atoms with Gasteiger partial charge in [-0.25, -0.2) is 9.59 Å². The second kappa shape index (κ2) is 8.71. The Labute approximate surface area is 159 Å². The topological polar surface area (TPSA) is 161 Å². The molecule has 0 saturated carbocycles. The van der Waals surface area contributed by atoms with Crippen LogP contribution >= 0.6 is 0 Å². The molecule has 0 saturated heterocycles. The van der Waals surface area contributed by atoms with Crippen LogP contribution in [0.2, 0.25) is 0 Å². The quantitative estimate of drug-likeness (QED) is 0.588. The summed E-state index contributed by atoms with van der Waals surface area (Å²) in [5.41, 5.74) is 1.09. The lowest BCUT2D eigenvalue weighted by molar-refractivity contribution is -0.385. The summed E-state index contributed by atoms with van der Waals surface area (Å²) in [6.45, 7) is 6.97. The van der Waals surface area contributed by atoms with Gasteiger partial charge in [0.25, 0.3) is 11.4 Å². The van der Waals surface area contributed by atoms with E-state index >= 15 is 0 Å². The third-order valence-electron chi connectivity index (χ3n) is 3.88. The van der Waals surface area contributed by atoms with Crippen LogP contribution in [0.4, 0.5) is 11.4 Å². The number of carbonyl (C=O) groups is 2. The molecule has 2 N–H and O–H groups in total. The van der Waals surface area contributed by atoms with Gasteiger partial charge in [-0.2, -0.15) is 0 Å². The maximum absolute atomic E-state index is 10.8. The molecule has 0 radical (unpaired) electrons. The van der Waals surface area contributed by atoms with Crippen LogP contribution in [-0.2, 0) is 0 Å². The number of nitrogens with zero attached hydrogens (tertiary/aromatic N) is 2. The zero-order chi connectivity index (χ0) is 21.8. The Bertz CT molecular complexity index is 947. The molecule has 0 bridgehead atoms. The molecule has 28 heavy (non-hydrogen) atoms. The van der Waals surface area contributed by atoms with Crippen LogP contribution in [0.15, 0.2) is 24.3 Å². The number of hydrogen-bond acceptors (Lipinski definition) is 6. The fraction of sp³-hybridized carbons (Fsp3) is 0.222. The van der Waals surface area contributed by atoms with Gasteiger partial charge in [-0.3, -0.25) is 20.2 Å². The van der Waals surface area contributed by atoms with Gasteiger partial charge in [0.2, 0.25) is 0 Å². The number of benzene rings is 2. The molecule has 2 aromatic rings. The van der Waals surface area contributed by atoms with Crippen LogP contribution in [-0.4, -0.2) is 32.0 Å². The van der Waals surface area contributed by atoms with Crippen molar-refractivity contribution in [3.05, 3.63) is 77.9 Å². The van der Waals surface area contributed by atoms with Crippen LogP contribution < -0.4 is 0 Å². The molecule has 0 spiro atoms. The number of carboxylic acids is 2. The zero-order valence-corrected chi connectivity index (χ0v) is 15.5. The van der Waals surface area contributed by atoms with Gasteiger partial charge in [-0.15, -0.1) is 0 Å². The summed E-state index contributed by atoms with van der Waals surface area (Å²) in [6, 6.07) is 5.65. The molecule has 0 atom stereocenters. The highest BCUT2D eigenvalue weighted by atomic mass is 16.6. The Balaban J connectivity index is 0.000000292. The second-order valence-corrected chi connectivity index (χ2v) is 6.06. The van der Waals surface area contributed by atoms with E-state index in [2.05, 4.69) is 0 Å². The number of hydrogen-bond donors (Lipinski definition) is 2. The molecule has 148 valence electrons. The maximum atomic E-state index is 10.8. The predicted molar refractivity (Wildman–Crippen MR) is 99.1 cm³/mol. The molecule has 0 aliphatic heterocycles. The predicted octanol–water partition coefficient (Wildman–Crippen LogP) is 3.82. The molecule has 0 fully saturated rings. The van der Waals surface area contributed by atoms with Gasteiger partial charge in [0.15, 0.2) is 5.56 Å². The Morgan fingerprint density at radius 2 is 1.25 bits per heavy atom. The van der Waals surface area contributed by atoms with Gasteiger partial charge in [0.1, 0.15) is 0 Å². The van der Waals surface area contributed by atoms with Crippen molar-refractivity contribution < 1.29 is 29.6 Å². The number of nitro groups is 2. The number of rotatable bonds is 4. The molecule has 0 unspecified atom stereocenters. The highest BCUT2D eigenvalue weighted by Crippen LogP contribution is 2.25. The summed E-state index contributed by atoms with van der Waals surface area (Å²) in [7, 11) is 0. The molecular weight excluding hydrogens is 372 g/mol. The largest absolute Gasteiger partial charge is 0.478 e. The van der Waals surface area contributed by atoms with E-state index in [4.69, 9.17) is 10.2 Å². The van der Waals surface area contributed by atoms with Crippen molar-refractivity contribution in [2.24, 2.45) is 0 Å². The fourth-order valence-electron chi connectivity index (χ4n) is 2.51. The third-order valence-corrected chi connectivity index (χ3v) is 3.88. The van der Waals surface area contributed by atoms with Crippen molar-refractivity contribution in [3.63, 3.8) is 0 Å². The highest BCUT2D eigenvalue weighted by Gasteiger charge is 2.27. The summed E-state index contributed by atoms with van der Waals surface area (Å²) in [5.74, 6) is -3.15. The smallest absolute Gasteiger partial charge is 0.343 e. The fourth-order valence-corrected chi connectivity index (χ4v) is 2.51. The van der Waals surface area contributed by atoms with Crippen LogP contribution in [0.25, 0.3) is 0 Å². The number of aryl methyl sites for hydroxylation is 3. The van der Waals surface area contributed by atoms with E-state index in [1.165, 1.54) is 6.92 Å². The third kappa shape index (κ3) is 5.10. The van der Waals surface area contributed by atoms with Crippen molar-refractivity contribution in [2.45, 2.75) is 27.7 Å². The first kappa shape index (κ1) is 22.2. The van der Waals surface area contributed by atoms with Gasteiger partial charge in [-0.1, -0.05) is 6.07 Å². The normalized spacial score (nSPS) is 9.86. The Morgan fingerprint density at radius 3 is 1.68 bits per heavy atom. The number of carboxylic acid groups (broad SMARTS) is 2. The van der Waals surface area contributed by atoms with E-state index in [0.29, 0.717) is 5.56 Å². The van der Waals surface area contributed by atoms with Crippen molar-refractivity contribution in [3.8, 4) is 0 Å². The zero-order valence-electron chi connectivity index (χ0n) is 15.5. The molecule has 10 nitrogen and oxygen atoms in total. The van der Waals surface area contributed by atoms with E-state index < -0.39 is 33.7 Å². The summed E-state index contributed by atoms with van der Waals surface area (Å²) < 4.78 is 0. The molecule has 2 aromatic carbocycles. The van der Waals surface area contributed by atoms with Crippen LogP contribution in [0.5, 0.6) is 0 Å². The lowest BCUT2D eigenvalue weighted by Gasteiger charge is -2.04. The van der Waals surface area contributed by atoms with E-state index in [0.717, 1.165) is 28.8 Å². The molecular formula is C18H18N2O8. The van der Waals surface area contributed by atoms with Gasteiger partial charge in [0.05, 0.1) is 15.4 Å². The monoisotopic (exact) mass is 390 g/mol. The van der Waals surface area contributed by atoms with Gasteiger partial charge in [-0.05, 0) is 50.5 Å². The summed E-state index contributed by atoms with van der Waals surface area (Å²) in [6.07, 6.45) is 0. The lowest BCUT2D eigenvalue weighted by atomic mass is 10.0. The van der Waals surface area contributed by atoms with Gasteiger partial charge >= 0.3 is 11.9 Å². The minimum Gasteiger partial charge on any atom is -0.478 e. The van der Waals surface area contributed by atoms with E-state index in [9.17, 15) is 29.8 Å². The first-order chi connectivity index (χ1) is 12.9. The molecule has 0 heterocycles. The van der Waals surface area contributed by atoms with E-state index in [-0.39, 0.29) is 10.6 Å². The Kier molecular flexibility index (Phi) is 6.91. The highest BCUT2D eigenvalue weighted by molar-refractivity contribution is 6.04. The minimum absolute atomic E-state index is 0.215. The van der Waals surface area contributed by atoms with Crippen LogP contribution in [0, 0.1) is 47.9 Å². The molecule has 0 aliphatic carbocycles. The van der Waals surface area contributed by atoms with E-state index in [1.807, 2.05) is 19.9 Å². The van der Waals surface area contributed by atoms with E-state index in [1.54, 1.807) is 13.0 Å². The minimum atomic E-state index is -1.64. The summed E-state index contributed by atoms with van der Waals surface area (Å²) in [5, 5.41) is 38.7. The maximum Gasteiger partial charge on any atom is 0.343 e. The van der Waals surface area contributed by atoms with Crippen LogP contribution in [0.1, 0.15) is 43.0 Å². The van der Waals surface area contributed by atoms with Crippen molar-refractivity contribution in [1.29, 1.82) is 0 Å². The second-order valence-electron chi connectivity index (χ2n) is 6.06. The summed E-state index contributed by atoms with van der Waals surface area (Å²) in [4.78, 5) is 41.4. The first-order valence-corrected chi connectivity index (χ1v) is 7.84. The van der Waals surface area contributed by atoms with Gasteiger partial charge < -0.3 is 10.2 Å². The molecule has 2 rings (SSSR count). The van der Waals surface area contributed by atoms with Gasteiger partial charge in [0, 0.05) is 17.7 Å². The molecule has 0 aliphatic rings. The van der Waals surface area contributed by atoms with Crippen LogP contribution in [0.3, 0.4) is 0 Å². The average molecular weight is 390 g/mol. The number of aromatic carboxylic acids is 2. The molecule has 0 aromatic heterocycles. The van der Waals surface area contributed by atoms with Crippen molar-refractivity contribution >= 4 is 23.3 Å². The molecule has 10 heteroatoms. The number of nitro benzene ring substituents is 2. The van der Waals surface area contributed by atoms with Crippen molar-refractivity contribution in [1.82, 2.24) is 0 Å². The standard InChI is InChI=1S/C9H7NO6.C9H11NO2/c1-4-2-5(8(11)12)7(9(13)14)6(3-4)10(15)16;1-6-4-7(2)8(3)9(5-6)10(11)12/h2-3H,1H3,(H,11,12)(H,13,14);4-5H,1-3H3. The average Bonchev–Trinajstić information content (AvgIpc) is 2.57. The summed E-state index contributed by atoms with van der Waals surface area (Å²) >= 11 is 0. The SMILES string of the molecule is Cc1cc(C(=O)O)c(C(=O)O)c([N+](=O)[O-])c1.Cc1cc(C)c(C)c([N+](=O)[O-])c1. The first-order valence-electron chi connectivity index (χ1n) is 7.84.